The Hall–Kier alpha value is -2.95. The summed E-state index contributed by atoms with van der Waals surface area (Å²) in [5.74, 6) is 1.73. The zero-order valence-electron chi connectivity index (χ0n) is 19.8. The smallest absolute Gasteiger partial charge is 0.325 e. The van der Waals surface area contributed by atoms with Gasteiger partial charge in [0.15, 0.2) is 11.2 Å². The number of thioether (sulfide) groups is 1. The number of unbranched alkanes of at least 4 members (excludes halogenated alkanes) is 2. The summed E-state index contributed by atoms with van der Waals surface area (Å²) in [6.45, 7) is 8.84. The van der Waals surface area contributed by atoms with Gasteiger partial charge in [0, 0.05) is 25.0 Å². The van der Waals surface area contributed by atoms with Crippen LogP contribution in [-0.4, -0.2) is 38.7 Å². The monoisotopic (exact) mass is 470 g/mol. The van der Waals surface area contributed by atoms with Gasteiger partial charge in [0.25, 0.3) is 11.3 Å². The first-order valence-corrected chi connectivity index (χ1v) is 12.4. The number of hydrogen-bond donors (Lipinski definition) is 1. The van der Waals surface area contributed by atoms with Crippen LogP contribution in [0.1, 0.15) is 62.3 Å². The van der Waals surface area contributed by atoms with Crippen LogP contribution in [-0.2, 0) is 25.8 Å². The SMILES string of the molecule is CCCCc1c(C)nc2nc(SCc3nc4c(c(=O)[nH]c(=O)n4CCCC)n3C)nn2c1C. The number of H-pyrrole nitrogens is 1. The molecule has 0 saturated heterocycles. The molecule has 0 aromatic carbocycles. The minimum absolute atomic E-state index is 0.401. The van der Waals surface area contributed by atoms with Crippen molar-refractivity contribution >= 4 is 28.7 Å². The maximum Gasteiger partial charge on any atom is 0.330 e. The van der Waals surface area contributed by atoms with E-state index in [1.165, 1.54) is 17.3 Å². The van der Waals surface area contributed by atoms with Crippen molar-refractivity contribution in [2.45, 2.75) is 77.3 Å². The number of nitrogens with zero attached hydrogens (tertiary/aromatic N) is 7. The Labute approximate surface area is 195 Å². The molecule has 0 aliphatic heterocycles. The van der Waals surface area contributed by atoms with Crippen molar-refractivity contribution < 1.29 is 0 Å². The van der Waals surface area contributed by atoms with Crippen LogP contribution in [0.4, 0.5) is 0 Å². The lowest BCUT2D eigenvalue weighted by molar-refractivity contribution is 0.613. The Morgan fingerprint density at radius 1 is 1.03 bits per heavy atom. The molecule has 4 aromatic rings. The summed E-state index contributed by atoms with van der Waals surface area (Å²) in [4.78, 5) is 41.1. The third-order valence-corrected chi connectivity index (χ3v) is 6.81. The molecule has 4 rings (SSSR count). The van der Waals surface area contributed by atoms with Gasteiger partial charge in [-0.1, -0.05) is 38.5 Å². The first-order valence-electron chi connectivity index (χ1n) is 11.4. The molecule has 0 amide bonds. The highest BCUT2D eigenvalue weighted by molar-refractivity contribution is 7.98. The van der Waals surface area contributed by atoms with E-state index < -0.39 is 11.2 Å². The predicted octanol–water partition coefficient (Wildman–Crippen LogP) is 2.91. The van der Waals surface area contributed by atoms with Crippen LogP contribution >= 0.6 is 11.8 Å². The molecular weight excluding hydrogens is 440 g/mol. The number of rotatable bonds is 9. The molecule has 33 heavy (non-hydrogen) atoms. The number of imidazole rings is 1. The summed E-state index contributed by atoms with van der Waals surface area (Å²) in [5, 5.41) is 5.26. The van der Waals surface area contributed by atoms with Gasteiger partial charge in [0.2, 0.25) is 5.16 Å². The van der Waals surface area contributed by atoms with Gasteiger partial charge in [0.1, 0.15) is 5.82 Å². The number of aryl methyl sites for hydroxylation is 4. The van der Waals surface area contributed by atoms with Crippen LogP contribution in [0.15, 0.2) is 14.7 Å². The lowest BCUT2D eigenvalue weighted by Crippen LogP contribution is -2.31. The number of aromatic amines is 1. The predicted molar refractivity (Wildman–Crippen MR) is 129 cm³/mol. The van der Waals surface area contributed by atoms with Gasteiger partial charge >= 0.3 is 5.69 Å². The van der Waals surface area contributed by atoms with Gasteiger partial charge < -0.3 is 4.57 Å². The van der Waals surface area contributed by atoms with Crippen molar-refractivity contribution in [2.24, 2.45) is 7.05 Å². The highest BCUT2D eigenvalue weighted by atomic mass is 32.2. The lowest BCUT2D eigenvalue weighted by atomic mass is 10.1. The molecule has 176 valence electrons. The van der Waals surface area contributed by atoms with Crippen molar-refractivity contribution in [3.05, 3.63) is 43.6 Å². The van der Waals surface area contributed by atoms with Crippen LogP contribution in [0.3, 0.4) is 0 Å². The summed E-state index contributed by atoms with van der Waals surface area (Å²) in [6.07, 6.45) is 4.99. The second-order valence-corrected chi connectivity index (χ2v) is 9.23. The average Bonchev–Trinajstić information content (AvgIpc) is 3.33. The molecule has 4 heterocycles. The second kappa shape index (κ2) is 9.50. The van der Waals surface area contributed by atoms with E-state index in [0.717, 1.165) is 43.5 Å². The van der Waals surface area contributed by atoms with E-state index in [0.29, 0.717) is 40.2 Å². The molecule has 0 spiro atoms. The summed E-state index contributed by atoms with van der Waals surface area (Å²) in [5.41, 5.74) is 3.28. The largest absolute Gasteiger partial charge is 0.330 e. The van der Waals surface area contributed by atoms with Crippen LogP contribution in [0.5, 0.6) is 0 Å². The molecule has 0 radical (unpaired) electrons. The number of nitrogens with one attached hydrogen (secondary N) is 1. The van der Waals surface area contributed by atoms with E-state index in [1.54, 1.807) is 16.2 Å². The number of hydrogen-bond acceptors (Lipinski definition) is 7. The van der Waals surface area contributed by atoms with E-state index in [1.807, 2.05) is 11.4 Å². The molecule has 1 N–H and O–H groups in total. The minimum atomic E-state index is -0.422. The zero-order chi connectivity index (χ0) is 23.7. The summed E-state index contributed by atoms with van der Waals surface area (Å²) in [7, 11) is 1.79. The molecule has 10 nitrogen and oxygen atoms in total. The van der Waals surface area contributed by atoms with Crippen LogP contribution in [0, 0.1) is 13.8 Å². The Balaban J connectivity index is 1.65. The summed E-state index contributed by atoms with van der Waals surface area (Å²) < 4.78 is 5.10. The molecule has 0 fully saturated rings. The maximum absolute atomic E-state index is 12.5. The third kappa shape index (κ3) is 4.33. The molecule has 0 bridgehead atoms. The Morgan fingerprint density at radius 2 is 1.79 bits per heavy atom. The molecule has 0 atom stereocenters. The van der Waals surface area contributed by atoms with Crippen LogP contribution in [0.2, 0.25) is 0 Å². The van der Waals surface area contributed by atoms with Gasteiger partial charge in [-0.3, -0.25) is 14.3 Å². The molecule has 11 heteroatoms. The van der Waals surface area contributed by atoms with Crippen molar-refractivity contribution in [3.8, 4) is 0 Å². The van der Waals surface area contributed by atoms with Gasteiger partial charge in [-0.05, 0) is 38.7 Å². The van der Waals surface area contributed by atoms with E-state index in [4.69, 9.17) is 0 Å². The number of aromatic nitrogens is 8. The summed E-state index contributed by atoms with van der Waals surface area (Å²) >= 11 is 1.43. The highest BCUT2D eigenvalue weighted by Crippen LogP contribution is 2.23. The van der Waals surface area contributed by atoms with Gasteiger partial charge in [-0.2, -0.15) is 4.98 Å². The van der Waals surface area contributed by atoms with Crippen LogP contribution < -0.4 is 11.2 Å². The molecule has 0 unspecified atom stereocenters. The van der Waals surface area contributed by atoms with E-state index in [2.05, 4.69) is 45.8 Å². The first-order chi connectivity index (χ1) is 15.8. The van der Waals surface area contributed by atoms with Gasteiger partial charge in [-0.15, -0.1) is 5.10 Å². The van der Waals surface area contributed by atoms with E-state index >= 15 is 0 Å². The fraction of sp³-hybridized carbons (Fsp3) is 0.545. The van der Waals surface area contributed by atoms with Crippen LogP contribution in [0.25, 0.3) is 16.9 Å². The second-order valence-electron chi connectivity index (χ2n) is 8.28. The normalized spacial score (nSPS) is 11.8. The third-order valence-electron chi connectivity index (χ3n) is 5.98. The lowest BCUT2D eigenvalue weighted by Gasteiger charge is -2.09. The van der Waals surface area contributed by atoms with E-state index in [9.17, 15) is 9.59 Å². The molecule has 0 saturated carbocycles. The quantitative estimate of drug-likeness (QED) is 0.374. The minimum Gasteiger partial charge on any atom is -0.325 e. The number of fused-ring (bicyclic) bond motifs is 2. The Morgan fingerprint density at radius 3 is 2.52 bits per heavy atom. The van der Waals surface area contributed by atoms with Crippen molar-refractivity contribution in [2.75, 3.05) is 0 Å². The van der Waals surface area contributed by atoms with Crippen molar-refractivity contribution in [3.63, 3.8) is 0 Å². The highest BCUT2D eigenvalue weighted by Gasteiger charge is 2.18. The standard InChI is InChI=1S/C22H30N8O2S/c1-6-8-10-15-13(3)23-20-26-21(27-30(20)14(15)4)33-12-16-24-18-17(28(16)5)19(31)25-22(32)29(18)11-9-7-2/h6-12H2,1-5H3,(H,25,31,32). The van der Waals surface area contributed by atoms with Gasteiger partial charge in [-0.25, -0.2) is 19.3 Å². The van der Waals surface area contributed by atoms with Crippen molar-refractivity contribution in [1.29, 1.82) is 0 Å². The molecule has 4 aromatic heterocycles. The topological polar surface area (TPSA) is 116 Å². The fourth-order valence-corrected chi connectivity index (χ4v) is 4.84. The van der Waals surface area contributed by atoms with Crippen molar-refractivity contribution in [1.82, 2.24) is 38.7 Å². The van der Waals surface area contributed by atoms with E-state index in [-0.39, 0.29) is 0 Å². The molecule has 0 aliphatic carbocycles. The fourth-order valence-electron chi connectivity index (χ4n) is 4.04. The Kier molecular flexibility index (Phi) is 6.68. The molecule has 0 aliphatic rings. The Bertz CT molecular complexity index is 1430. The summed E-state index contributed by atoms with van der Waals surface area (Å²) in [6, 6.07) is 0. The first kappa shape index (κ1) is 23.2. The molecular formula is C22H30N8O2S. The average molecular weight is 471 g/mol. The van der Waals surface area contributed by atoms with Gasteiger partial charge in [0.05, 0.1) is 5.75 Å². The zero-order valence-corrected chi connectivity index (χ0v) is 20.6. The maximum atomic E-state index is 12.5.